The monoisotopic (exact) mass is 338 g/mol. The van der Waals surface area contributed by atoms with Crippen LogP contribution in [0.25, 0.3) is 0 Å². The van der Waals surface area contributed by atoms with Crippen molar-refractivity contribution in [2.75, 3.05) is 0 Å². The predicted octanol–water partition coefficient (Wildman–Crippen LogP) is 5.37. The Morgan fingerprint density at radius 3 is 2.56 bits per heavy atom. The molecule has 0 heterocycles. The van der Waals surface area contributed by atoms with Gasteiger partial charge in [0.2, 0.25) is 0 Å². The van der Waals surface area contributed by atoms with E-state index in [-0.39, 0.29) is 17.4 Å². The van der Waals surface area contributed by atoms with Crippen molar-refractivity contribution in [3.05, 3.63) is 71.8 Å². The van der Waals surface area contributed by atoms with Crippen LogP contribution in [0.5, 0.6) is 11.5 Å². The summed E-state index contributed by atoms with van der Waals surface area (Å²) in [5, 5.41) is 10.8. The fraction of sp³-hybridized carbons (Fsp3) is 0.318. The molecule has 0 saturated carbocycles. The quantitative estimate of drug-likeness (QED) is 0.305. The van der Waals surface area contributed by atoms with E-state index < -0.39 is 5.97 Å². The third-order valence-electron chi connectivity index (χ3n) is 4.43. The van der Waals surface area contributed by atoms with Crippen LogP contribution in [0.1, 0.15) is 55.7 Å². The van der Waals surface area contributed by atoms with E-state index in [2.05, 4.69) is 20.4 Å². The number of rotatable bonds is 8. The predicted molar refractivity (Wildman–Crippen MR) is 101 cm³/mol. The third-order valence-corrected chi connectivity index (χ3v) is 4.43. The van der Waals surface area contributed by atoms with Crippen LogP contribution in [0.3, 0.4) is 0 Å². The topological polar surface area (TPSA) is 46.5 Å². The van der Waals surface area contributed by atoms with Crippen molar-refractivity contribution in [3.8, 4) is 11.5 Å². The second-order valence-electron chi connectivity index (χ2n) is 6.20. The van der Waals surface area contributed by atoms with Gasteiger partial charge in [0.15, 0.2) is 11.5 Å². The Morgan fingerprint density at radius 2 is 1.92 bits per heavy atom. The first-order valence-electron chi connectivity index (χ1n) is 8.82. The zero-order valence-electron chi connectivity index (χ0n) is 15.0. The smallest absolute Gasteiger partial charge is 0.335 e. The lowest BCUT2D eigenvalue weighted by molar-refractivity contribution is -0.129. The number of phenolic OH excluding ortho intramolecular Hbond substituents is 1. The molecule has 0 aliphatic carbocycles. The molecule has 0 spiro atoms. The number of ether oxygens (including phenoxy) is 1. The molecule has 132 valence electrons. The highest BCUT2D eigenvalue weighted by molar-refractivity contribution is 5.84. The van der Waals surface area contributed by atoms with Gasteiger partial charge in [0.05, 0.1) is 0 Å². The summed E-state index contributed by atoms with van der Waals surface area (Å²) in [4.78, 5) is 11.5. The molecule has 2 aromatic rings. The first-order chi connectivity index (χ1) is 12.1. The van der Waals surface area contributed by atoms with E-state index in [1.807, 2.05) is 36.4 Å². The van der Waals surface area contributed by atoms with Gasteiger partial charge in [0.25, 0.3) is 0 Å². The lowest BCUT2D eigenvalue weighted by Gasteiger charge is -2.20. The fourth-order valence-corrected chi connectivity index (χ4v) is 3.04. The van der Waals surface area contributed by atoms with E-state index in [1.54, 1.807) is 6.07 Å². The Morgan fingerprint density at radius 1 is 1.20 bits per heavy atom. The summed E-state index contributed by atoms with van der Waals surface area (Å²) in [6.45, 7) is 7.63. The highest BCUT2D eigenvalue weighted by Crippen LogP contribution is 2.40. The molecule has 0 fully saturated rings. The molecule has 0 aliphatic rings. The van der Waals surface area contributed by atoms with Crippen LogP contribution in [-0.4, -0.2) is 11.1 Å². The van der Waals surface area contributed by atoms with E-state index >= 15 is 0 Å². The summed E-state index contributed by atoms with van der Waals surface area (Å²) in [7, 11) is 0. The van der Waals surface area contributed by atoms with E-state index in [9.17, 15) is 9.90 Å². The fourth-order valence-electron chi connectivity index (χ4n) is 3.04. The van der Waals surface area contributed by atoms with Gasteiger partial charge in [-0.05, 0) is 30.0 Å². The largest absolute Gasteiger partial charge is 0.504 e. The van der Waals surface area contributed by atoms with Crippen LogP contribution >= 0.6 is 0 Å². The van der Waals surface area contributed by atoms with Gasteiger partial charge in [-0.1, -0.05) is 69.7 Å². The Balaban J connectivity index is 2.44. The molecule has 2 rings (SSSR count). The molecule has 25 heavy (non-hydrogen) atoms. The van der Waals surface area contributed by atoms with Crippen LogP contribution in [0.15, 0.2) is 55.1 Å². The van der Waals surface area contributed by atoms with Gasteiger partial charge in [-0.15, -0.1) is 0 Å². The first kappa shape index (κ1) is 18.8. The van der Waals surface area contributed by atoms with Crippen molar-refractivity contribution < 1.29 is 14.6 Å². The van der Waals surface area contributed by atoms with E-state index in [0.717, 1.165) is 48.4 Å². The van der Waals surface area contributed by atoms with Crippen LogP contribution < -0.4 is 4.74 Å². The maximum Gasteiger partial charge on any atom is 0.335 e. The molecule has 0 saturated heterocycles. The van der Waals surface area contributed by atoms with Gasteiger partial charge in [0, 0.05) is 17.6 Å². The highest BCUT2D eigenvalue weighted by Gasteiger charge is 2.21. The second kappa shape index (κ2) is 9.07. The summed E-state index contributed by atoms with van der Waals surface area (Å²) >= 11 is 0. The Labute approximate surface area is 150 Å². The third kappa shape index (κ3) is 4.72. The van der Waals surface area contributed by atoms with Crippen LogP contribution in [-0.2, 0) is 11.2 Å². The number of carbonyl (C=O) groups excluding carboxylic acids is 1. The van der Waals surface area contributed by atoms with Crippen molar-refractivity contribution >= 4 is 5.97 Å². The number of aromatic hydroxyl groups is 1. The Bertz CT molecular complexity index is 720. The van der Waals surface area contributed by atoms with Crippen molar-refractivity contribution in [1.82, 2.24) is 0 Å². The molecule has 1 atom stereocenters. The van der Waals surface area contributed by atoms with Crippen LogP contribution in [0.4, 0.5) is 0 Å². The molecule has 3 heteroatoms. The molecule has 3 nitrogen and oxygen atoms in total. The number of hydrogen-bond donors (Lipinski definition) is 1. The average molecular weight is 338 g/mol. The number of phenols is 1. The van der Waals surface area contributed by atoms with Gasteiger partial charge in [-0.2, -0.15) is 0 Å². The normalized spacial score (nSPS) is 11.8. The van der Waals surface area contributed by atoms with E-state index in [1.165, 1.54) is 0 Å². The molecular weight excluding hydrogens is 312 g/mol. The van der Waals surface area contributed by atoms with Gasteiger partial charge in [-0.25, -0.2) is 4.79 Å². The van der Waals surface area contributed by atoms with E-state index in [4.69, 9.17) is 4.74 Å². The molecule has 0 bridgehead atoms. The maximum atomic E-state index is 11.5. The van der Waals surface area contributed by atoms with Crippen molar-refractivity contribution in [3.63, 3.8) is 0 Å². The minimum atomic E-state index is -0.577. The molecule has 2 aromatic carbocycles. The number of esters is 1. The summed E-state index contributed by atoms with van der Waals surface area (Å²) in [5.74, 6) is -0.352. The SMILES string of the molecule is C=CC(=O)Oc1ccc(CCCCC)c(C(C)c2ccccc2)c1O. The number of benzene rings is 2. The maximum absolute atomic E-state index is 11.5. The Kier molecular flexibility index (Phi) is 6.81. The second-order valence-corrected chi connectivity index (χ2v) is 6.20. The zero-order valence-corrected chi connectivity index (χ0v) is 15.0. The average Bonchev–Trinajstić information content (AvgIpc) is 2.64. The number of carbonyl (C=O) groups is 1. The summed E-state index contributed by atoms with van der Waals surface area (Å²) in [6, 6.07) is 13.7. The van der Waals surface area contributed by atoms with Gasteiger partial charge in [0.1, 0.15) is 0 Å². The molecule has 0 aliphatic heterocycles. The molecule has 0 radical (unpaired) electrons. The zero-order chi connectivity index (χ0) is 18.2. The first-order valence-corrected chi connectivity index (χ1v) is 8.82. The molecule has 0 aromatic heterocycles. The lowest BCUT2D eigenvalue weighted by atomic mass is 9.87. The van der Waals surface area contributed by atoms with Gasteiger partial charge in [-0.3, -0.25) is 0 Å². The minimum Gasteiger partial charge on any atom is -0.504 e. The summed E-state index contributed by atoms with van der Waals surface area (Å²) < 4.78 is 5.19. The number of hydrogen-bond acceptors (Lipinski definition) is 3. The number of aryl methyl sites for hydroxylation is 1. The lowest BCUT2D eigenvalue weighted by Crippen LogP contribution is -2.07. The van der Waals surface area contributed by atoms with Crippen molar-refractivity contribution in [1.29, 1.82) is 0 Å². The molecule has 1 unspecified atom stereocenters. The minimum absolute atomic E-state index is 0.000194. The van der Waals surface area contributed by atoms with Gasteiger partial charge < -0.3 is 9.84 Å². The Hall–Kier alpha value is -2.55. The van der Waals surface area contributed by atoms with E-state index in [0.29, 0.717) is 0 Å². The molecule has 1 N–H and O–H groups in total. The molecular formula is C22H26O3. The molecule has 0 amide bonds. The van der Waals surface area contributed by atoms with Crippen molar-refractivity contribution in [2.24, 2.45) is 0 Å². The number of unbranched alkanes of at least 4 members (excludes halogenated alkanes) is 2. The van der Waals surface area contributed by atoms with Crippen molar-refractivity contribution in [2.45, 2.75) is 45.4 Å². The van der Waals surface area contributed by atoms with Gasteiger partial charge >= 0.3 is 5.97 Å². The van der Waals surface area contributed by atoms with Crippen LogP contribution in [0.2, 0.25) is 0 Å². The standard InChI is InChI=1S/C22H26O3/c1-4-6-8-13-18-14-15-19(25-20(23)5-2)22(24)21(18)16(3)17-11-9-7-10-12-17/h5,7,9-12,14-16,24H,2,4,6,8,13H2,1,3H3. The summed E-state index contributed by atoms with van der Waals surface area (Å²) in [5.41, 5.74) is 3.04. The summed E-state index contributed by atoms with van der Waals surface area (Å²) in [6.07, 6.45) is 5.34. The highest BCUT2D eigenvalue weighted by atomic mass is 16.5. The van der Waals surface area contributed by atoms with Crippen LogP contribution in [0, 0.1) is 0 Å².